The van der Waals surface area contributed by atoms with Gasteiger partial charge >= 0.3 is 5.97 Å². The van der Waals surface area contributed by atoms with E-state index in [0.717, 1.165) is 5.56 Å². The molecule has 0 fully saturated rings. The number of esters is 1. The van der Waals surface area contributed by atoms with E-state index in [1.54, 1.807) is 24.3 Å². The summed E-state index contributed by atoms with van der Waals surface area (Å²) in [7, 11) is 1.31. The average molecular weight is 298 g/mol. The number of carbonyl (C=O) groups is 2. The Balaban J connectivity index is 1.94. The minimum atomic E-state index is -0.384. The highest BCUT2D eigenvalue weighted by Crippen LogP contribution is 2.17. The standard InChI is InChI=1S/C18H18O4/c1-21-18(20)11-10-17(19)15-8-5-9-16(12-15)22-13-14-6-3-2-4-7-14/h2-9,12H,10-11,13H2,1H3. The second-order valence-electron chi connectivity index (χ2n) is 4.80. The van der Waals surface area contributed by atoms with E-state index in [0.29, 0.717) is 17.9 Å². The van der Waals surface area contributed by atoms with E-state index in [1.165, 1.54) is 7.11 Å². The van der Waals surface area contributed by atoms with Gasteiger partial charge in [0.1, 0.15) is 12.4 Å². The van der Waals surface area contributed by atoms with Crippen LogP contribution in [-0.4, -0.2) is 18.9 Å². The molecule has 0 aliphatic rings. The van der Waals surface area contributed by atoms with Crippen LogP contribution in [0.5, 0.6) is 5.75 Å². The van der Waals surface area contributed by atoms with Crippen LogP contribution in [0, 0.1) is 0 Å². The molecule has 0 heterocycles. The van der Waals surface area contributed by atoms with Gasteiger partial charge in [0.15, 0.2) is 5.78 Å². The van der Waals surface area contributed by atoms with Crippen molar-refractivity contribution in [1.29, 1.82) is 0 Å². The summed E-state index contributed by atoms with van der Waals surface area (Å²) in [5.41, 5.74) is 1.60. The van der Waals surface area contributed by atoms with Gasteiger partial charge in [-0.25, -0.2) is 0 Å². The lowest BCUT2D eigenvalue weighted by Gasteiger charge is -2.08. The Bertz CT molecular complexity index is 635. The van der Waals surface area contributed by atoms with Crippen LogP contribution in [0.3, 0.4) is 0 Å². The largest absolute Gasteiger partial charge is 0.489 e. The highest BCUT2D eigenvalue weighted by molar-refractivity contribution is 5.97. The fraction of sp³-hybridized carbons (Fsp3) is 0.222. The van der Waals surface area contributed by atoms with Crippen molar-refractivity contribution < 1.29 is 19.1 Å². The van der Waals surface area contributed by atoms with Gasteiger partial charge < -0.3 is 9.47 Å². The highest BCUT2D eigenvalue weighted by Gasteiger charge is 2.10. The molecule has 0 radical (unpaired) electrons. The number of benzene rings is 2. The molecule has 22 heavy (non-hydrogen) atoms. The zero-order valence-electron chi connectivity index (χ0n) is 12.5. The normalized spacial score (nSPS) is 10.0. The van der Waals surface area contributed by atoms with Gasteiger partial charge in [0.25, 0.3) is 0 Å². The first-order chi connectivity index (χ1) is 10.7. The summed E-state index contributed by atoms with van der Waals surface area (Å²) >= 11 is 0. The Hall–Kier alpha value is -2.62. The highest BCUT2D eigenvalue weighted by atomic mass is 16.5. The zero-order valence-corrected chi connectivity index (χ0v) is 12.5. The predicted octanol–water partition coefficient (Wildman–Crippen LogP) is 3.40. The molecule has 0 atom stereocenters. The van der Waals surface area contributed by atoms with Crippen LogP contribution in [0.15, 0.2) is 54.6 Å². The van der Waals surface area contributed by atoms with Crippen LogP contribution in [0.2, 0.25) is 0 Å². The van der Waals surface area contributed by atoms with E-state index in [2.05, 4.69) is 4.74 Å². The minimum Gasteiger partial charge on any atom is -0.489 e. The minimum absolute atomic E-state index is 0.0877. The number of ketones is 1. The smallest absolute Gasteiger partial charge is 0.305 e. The second-order valence-corrected chi connectivity index (χ2v) is 4.80. The van der Waals surface area contributed by atoms with Gasteiger partial charge in [-0.1, -0.05) is 42.5 Å². The number of Topliss-reactive ketones (excluding diaryl/α,β-unsaturated/α-hetero) is 1. The maximum atomic E-state index is 12.0. The number of hydrogen-bond donors (Lipinski definition) is 0. The van der Waals surface area contributed by atoms with Crippen molar-refractivity contribution in [2.24, 2.45) is 0 Å². The van der Waals surface area contributed by atoms with Gasteiger partial charge in [-0.2, -0.15) is 0 Å². The number of ether oxygens (including phenoxy) is 2. The lowest BCUT2D eigenvalue weighted by atomic mass is 10.1. The molecule has 0 saturated heterocycles. The number of rotatable bonds is 7. The van der Waals surface area contributed by atoms with Gasteiger partial charge in [-0.3, -0.25) is 9.59 Å². The third-order valence-electron chi connectivity index (χ3n) is 3.19. The maximum Gasteiger partial charge on any atom is 0.305 e. The van der Waals surface area contributed by atoms with E-state index < -0.39 is 0 Å². The molecule has 0 unspecified atom stereocenters. The Morgan fingerprint density at radius 1 is 0.955 bits per heavy atom. The van der Waals surface area contributed by atoms with Crippen LogP contribution < -0.4 is 4.74 Å². The molecule has 2 rings (SSSR count). The molecule has 0 aromatic heterocycles. The summed E-state index contributed by atoms with van der Waals surface area (Å²) in [6.45, 7) is 0.445. The SMILES string of the molecule is COC(=O)CCC(=O)c1cccc(OCc2ccccc2)c1. The molecule has 0 spiro atoms. The van der Waals surface area contributed by atoms with Crippen LogP contribution >= 0.6 is 0 Å². The molecular formula is C18H18O4. The first kappa shape index (κ1) is 15.8. The summed E-state index contributed by atoms with van der Waals surface area (Å²) in [6, 6.07) is 16.8. The fourth-order valence-electron chi connectivity index (χ4n) is 1.96. The number of carbonyl (C=O) groups excluding carboxylic acids is 2. The van der Waals surface area contributed by atoms with Crippen molar-refractivity contribution in [3.8, 4) is 5.75 Å². The van der Waals surface area contributed by atoms with E-state index in [1.807, 2.05) is 30.3 Å². The zero-order chi connectivity index (χ0) is 15.8. The van der Waals surface area contributed by atoms with Gasteiger partial charge in [0, 0.05) is 12.0 Å². The Kier molecular flexibility index (Phi) is 5.72. The van der Waals surface area contributed by atoms with Crippen LogP contribution in [-0.2, 0) is 16.1 Å². The predicted molar refractivity (Wildman–Crippen MR) is 82.8 cm³/mol. The molecule has 0 aliphatic carbocycles. The third kappa shape index (κ3) is 4.74. The Morgan fingerprint density at radius 2 is 1.73 bits per heavy atom. The lowest BCUT2D eigenvalue weighted by molar-refractivity contribution is -0.140. The van der Waals surface area contributed by atoms with Crippen molar-refractivity contribution in [3.05, 3.63) is 65.7 Å². The summed E-state index contributed by atoms with van der Waals surface area (Å²) in [4.78, 5) is 23.1. The summed E-state index contributed by atoms with van der Waals surface area (Å²) in [5, 5.41) is 0. The van der Waals surface area contributed by atoms with Crippen molar-refractivity contribution in [2.75, 3.05) is 7.11 Å². The van der Waals surface area contributed by atoms with Gasteiger partial charge in [0.05, 0.1) is 13.5 Å². The monoisotopic (exact) mass is 298 g/mol. The molecule has 4 heteroatoms. The van der Waals surface area contributed by atoms with Crippen LogP contribution in [0.4, 0.5) is 0 Å². The molecule has 0 aliphatic heterocycles. The van der Waals surface area contributed by atoms with Crippen molar-refractivity contribution in [2.45, 2.75) is 19.4 Å². The molecule has 114 valence electrons. The Morgan fingerprint density at radius 3 is 2.45 bits per heavy atom. The average Bonchev–Trinajstić information content (AvgIpc) is 2.58. The second kappa shape index (κ2) is 7.98. The molecule has 0 amide bonds. The lowest BCUT2D eigenvalue weighted by Crippen LogP contribution is -2.06. The van der Waals surface area contributed by atoms with Gasteiger partial charge in [0.2, 0.25) is 0 Å². The van der Waals surface area contributed by atoms with E-state index in [-0.39, 0.29) is 24.6 Å². The molecule has 2 aromatic carbocycles. The number of hydrogen-bond acceptors (Lipinski definition) is 4. The third-order valence-corrected chi connectivity index (χ3v) is 3.19. The topological polar surface area (TPSA) is 52.6 Å². The molecule has 0 bridgehead atoms. The fourth-order valence-corrected chi connectivity index (χ4v) is 1.96. The molecule has 0 saturated carbocycles. The number of methoxy groups -OCH3 is 1. The van der Waals surface area contributed by atoms with Crippen molar-refractivity contribution >= 4 is 11.8 Å². The first-order valence-corrected chi connectivity index (χ1v) is 7.06. The van der Waals surface area contributed by atoms with Crippen molar-refractivity contribution in [1.82, 2.24) is 0 Å². The van der Waals surface area contributed by atoms with E-state index >= 15 is 0 Å². The summed E-state index contributed by atoms with van der Waals surface area (Å²) in [5.74, 6) is 0.146. The van der Waals surface area contributed by atoms with E-state index in [4.69, 9.17) is 4.74 Å². The van der Waals surface area contributed by atoms with Gasteiger partial charge in [-0.05, 0) is 17.7 Å². The van der Waals surface area contributed by atoms with E-state index in [9.17, 15) is 9.59 Å². The molecule has 0 N–H and O–H groups in total. The molecule has 4 nitrogen and oxygen atoms in total. The molecular weight excluding hydrogens is 280 g/mol. The van der Waals surface area contributed by atoms with Gasteiger partial charge in [-0.15, -0.1) is 0 Å². The summed E-state index contributed by atoms with van der Waals surface area (Å²) < 4.78 is 10.2. The molecule has 2 aromatic rings. The quantitative estimate of drug-likeness (QED) is 0.580. The van der Waals surface area contributed by atoms with Crippen molar-refractivity contribution in [3.63, 3.8) is 0 Å². The van der Waals surface area contributed by atoms with Crippen LogP contribution in [0.1, 0.15) is 28.8 Å². The van der Waals surface area contributed by atoms with Crippen LogP contribution in [0.25, 0.3) is 0 Å². The summed E-state index contributed by atoms with van der Waals surface area (Å²) in [6.07, 6.45) is 0.221. The maximum absolute atomic E-state index is 12.0. The Labute approximate surface area is 129 Å². The first-order valence-electron chi connectivity index (χ1n) is 7.06.